The summed E-state index contributed by atoms with van der Waals surface area (Å²) in [6, 6.07) is 8.05. The van der Waals surface area contributed by atoms with Crippen LogP contribution in [0.5, 0.6) is 0 Å². The second kappa shape index (κ2) is 4.62. The van der Waals surface area contributed by atoms with Crippen molar-refractivity contribution in [2.45, 2.75) is 19.9 Å². The molecule has 0 amide bonds. The standard InChI is InChI=1S/C13H15N3O2/c1-8-6-9(2)16(15-8)11-5-3-4-10(7-11)12(14)13(17)18/h3-7,12H,14H2,1-2H3,(H,17,18)/t12-/m0/s1. The molecule has 18 heavy (non-hydrogen) atoms. The van der Waals surface area contributed by atoms with Crippen LogP contribution < -0.4 is 5.73 Å². The fourth-order valence-corrected chi connectivity index (χ4v) is 1.88. The Bertz CT molecular complexity index is 590. The predicted molar refractivity (Wildman–Crippen MR) is 67.6 cm³/mol. The zero-order valence-corrected chi connectivity index (χ0v) is 10.3. The number of rotatable bonds is 3. The maximum absolute atomic E-state index is 10.9. The van der Waals surface area contributed by atoms with E-state index in [1.807, 2.05) is 26.0 Å². The number of hydrogen-bond acceptors (Lipinski definition) is 3. The molecule has 5 heteroatoms. The molecule has 0 spiro atoms. The highest BCUT2D eigenvalue weighted by molar-refractivity contribution is 5.75. The van der Waals surface area contributed by atoms with Gasteiger partial charge in [-0.05, 0) is 37.6 Å². The molecule has 94 valence electrons. The Morgan fingerprint density at radius 3 is 2.67 bits per heavy atom. The highest BCUT2D eigenvalue weighted by Crippen LogP contribution is 2.17. The summed E-state index contributed by atoms with van der Waals surface area (Å²) in [5.41, 5.74) is 8.89. The first-order valence-electron chi connectivity index (χ1n) is 5.61. The van der Waals surface area contributed by atoms with Crippen molar-refractivity contribution >= 4 is 5.97 Å². The maximum atomic E-state index is 10.9. The molecule has 0 bridgehead atoms. The summed E-state index contributed by atoms with van der Waals surface area (Å²) in [4.78, 5) is 10.9. The average molecular weight is 245 g/mol. The van der Waals surface area contributed by atoms with E-state index >= 15 is 0 Å². The van der Waals surface area contributed by atoms with E-state index in [1.54, 1.807) is 22.9 Å². The zero-order valence-electron chi connectivity index (χ0n) is 10.3. The summed E-state index contributed by atoms with van der Waals surface area (Å²) in [5, 5.41) is 13.3. The Morgan fingerprint density at radius 2 is 2.11 bits per heavy atom. The van der Waals surface area contributed by atoms with Crippen LogP contribution in [0, 0.1) is 13.8 Å². The lowest BCUT2D eigenvalue weighted by Gasteiger charge is -2.10. The number of carbonyl (C=O) groups is 1. The van der Waals surface area contributed by atoms with Gasteiger partial charge in [-0.15, -0.1) is 0 Å². The topological polar surface area (TPSA) is 81.1 Å². The number of benzene rings is 1. The van der Waals surface area contributed by atoms with Crippen LogP contribution >= 0.6 is 0 Å². The van der Waals surface area contributed by atoms with Crippen LogP contribution in [0.2, 0.25) is 0 Å². The summed E-state index contributed by atoms with van der Waals surface area (Å²) in [5.74, 6) is -1.04. The summed E-state index contributed by atoms with van der Waals surface area (Å²) in [6.45, 7) is 3.86. The number of nitrogens with two attached hydrogens (primary N) is 1. The number of aliphatic carboxylic acids is 1. The zero-order chi connectivity index (χ0) is 13.3. The van der Waals surface area contributed by atoms with Crippen LogP contribution in [0.3, 0.4) is 0 Å². The molecule has 5 nitrogen and oxygen atoms in total. The quantitative estimate of drug-likeness (QED) is 0.860. The van der Waals surface area contributed by atoms with Crippen LogP contribution in [0.15, 0.2) is 30.3 Å². The molecule has 0 aliphatic carbocycles. The van der Waals surface area contributed by atoms with Crippen LogP contribution in [0.4, 0.5) is 0 Å². The minimum atomic E-state index is -1.04. The molecule has 1 atom stereocenters. The third kappa shape index (κ3) is 2.26. The van der Waals surface area contributed by atoms with Crippen molar-refractivity contribution in [1.82, 2.24) is 9.78 Å². The number of hydrogen-bond donors (Lipinski definition) is 2. The van der Waals surface area contributed by atoms with Crippen LogP contribution in [0.1, 0.15) is 23.0 Å². The van der Waals surface area contributed by atoms with E-state index in [2.05, 4.69) is 5.10 Å². The average Bonchev–Trinajstić information content (AvgIpc) is 2.67. The molecule has 3 N–H and O–H groups in total. The Balaban J connectivity index is 2.44. The molecule has 2 rings (SSSR count). The molecule has 2 aromatic rings. The van der Waals surface area contributed by atoms with E-state index in [0.29, 0.717) is 5.56 Å². The minimum absolute atomic E-state index is 0.563. The van der Waals surface area contributed by atoms with Gasteiger partial charge in [0.05, 0.1) is 11.4 Å². The molecule has 0 fully saturated rings. The van der Waals surface area contributed by atoms with Crippen LogP contribution in [0.25, 0.3) is 5.69 Å². The number of nitrogens with zero attached hydrogens (tertiary/aromatic N) is 2. The Kier molecular flexibility index (Phi) is 3.16. The Labute approximate surface area is 105 Å². The van der Waals surface area contributed by atoms with Gasteiger partial charge in [0.25, 0.3) is 0 Å². The van der Waals surface area contributed by atoms with Crippen molar-refractivity contribution in [1.29, 1.82) is 0 Å². The molecule has 0 aliphatic rings. The van der Waals surface area contributed by atoms with Gasteiger partial charge in [0.15, 0.2) is 0 Å². The normalized spacial score (nSPS) is 12.4. The number of aryl methyl sites for hydroxylation is 2. The second-order valence-electron chi connectivity index (χ2n) is 4.25. The molecule has 0 saturated heterocycles. The lowest BCUT2D eigenvalue weighted by atomic mass is 10.1. The van der Waals surface area contributed by atoms with Crippen molar-refractivity contribution in [3.8, 4) is 5.69 Å². The van der Waals surface area contributed by atoms with Crippen molar-refractivity contribution < 1.29 is 9.90 Å². The molecule has 1 aromatic heterocycles. The Hall–Kier alpha value is -2.14. The summed E-state index contributed by atoms with van der Waals surface area (Å²) >= 11 is 0. The summed E-state index contributed by atoms with van der Waals surface area (Å²) in [7, 11) is 0. The molecule has 0 aliphatic heterocycles. The van der Waals surface area contributed by atoms with Gasteiger partial charge in [-0.2, -0.15) is 5.10 Å². The first-order chi connectivity index (χ1) is 8.49. The van der Waals surface area contributed by atoms with Gasteiger partial charge in [-0.25, -0.2) is 4.68 Å². The van der Waals surface area contributed by atoms with Crippen molar-refractivity contribution in [2.24, 2.45) is 5.73 Å². The smallest absolute Gasteiger partial charge is 0.325 e. The predicted octanol–water partition coefficient (Wildman–Crippen LogP) is 1.57. The third-order valence-electron chi connectivity index (χ3n) is 2.75. The summed E-state index contributed by atoms with van der Waals surface area (Å²) in [6.07, 6.45) is 0. The third-order valence-corrected chi connectivity index (χ3v) is 2.75. The molecular formula is C13H15N3O2. The van der Waals surface area contributed by atoms with Crippen molar-refractivity contribution in [3.05, 3.63) is 47.3 Å². The van der Waals surface area contributed by atoms with Gasteiger partial charge >= 0.3 is 5.97 Å². The lowest BCUT2D eigenvalue weighted by Crippen LogP contribution is -2.20. The molecular weight excluding hydrogens is 230 g/mol. The maximum Gasteiger partial charge on any atom is 0.325 e. The van der Waals surface area contributed by atoms with Gasteiger partial charge in [0.1, 0.15) is 6.04 Å². The monoisotopic (exact) mass is 245 g/mol. The van der Waals surface area contributed by atoms with E-state index in [-0.39, 0.29) is 0 Å². The first-order valence-corrected chi connectivity index (χ1v) is 5.61. The largest absolute Gasteiger partial charge is 0.480 e. The van der Waals surface area contributed by atoms with E-state index in [4.69, 9.17) is 10.8 Å². The fourth-order valence-electron chi connectivity index (χ4n) is 1.88. The fraction of sp³-hybridized carbons (Fsp3) is 0.231. The molecule has 0 unspecified atom stereocenters. The first kappa shape index (κ1) is 12.3. The van der Waals surface area contributed by atoms with Crippen LogP contribution in [-0.4, -0.2) is 20.9 Å². The van der Waals surface area contributed by atoms with Gasteiger partial charge in [0, 0.05) is 5.69 Å². The highest BCUT2D eigenvalue weighted by atomic mass is 16.4. The molecule has 1 heterocycles. The van der Waals surface area contributed by atoms with Crippen molar-refractivity contribution in [2.75, 3.05) is 0 Å². The number of carboxylic acids is 1. The van der Waals surface area contributed by atoms with Crippen LogP contribution in [-0.2, 0) is 4.79 Å². The van der Waals surface area contributed by atoms with E-state index in [9.17, 15) is 4.79 Å². The van der Waals surface area contributed by atoms with Gasteiger partial charge in [0.2, 0.25) is 0 Å². The SMILES string of the molecule is Cc1cc(C)n(-c2cccc([C@H](N)C(=O)O)c2)n1. The number of aromatic nitrogens is 2. The molecule has 1 aromatic carbocycles. The highest BCUT2D eigenvalue weighted by Gasteiger charge is 2.15. The number of carboxylic acid groups (broad SMARTS) is 1. The van der Waals surface area contributed by atoms with Gasteiger partial charge < -0.3 is 10.8 Å². The van der Waals surface area contributed by atoms with E-state index < -0.39 is 12.0 Å². The minimum Gasteiger partial charge on any atom is -0.480 e. The second-order valence-corrected chi connectivity index (χ2v) is 4.25. The van der Waals surface area contributed by atoms with E-state index in [1.165, 1.54) is 0 Å². The Morgan fingerprint density at radius 1 is 1.39 bits per heavy atom. The molecule has 0 saturated carbocycles. The van der Waals surface area contributed by atoms with E-state index in [0.717, 1.165) is 17.1 Å². The summed E-state index contributed by atoms with van der Waals surface area (Å²) < 4.78 is 1.77. The van der Waals surface area contributed by atoms with Gasteiger partial charge in [-0.1, -0.05) is 12.1 Å². The van der Waals surface area contributed by atoms with Gasteiger partial charge in [-0.3, -0.25) is 4.79 Å². The molecule has 0 radical (unpaired) electrons. The lowest BCUT2D eigenvalue weighted by molar-refractivity contribution is -0.138. The van der Waals surface area contributed by atoms with Crippen molar-refractivity contribution in [3.63, 3.8) is 0 Å².